The van der Waals surface area contributed by atoms with E-state index in [0.717, 1.165) is 32.6 Å². The van der Waals surface area contributed by atoms with E-state index in [0.29, 0.717) is 23.4 Å². The third kappa shape index (κ3) is 5.06. The van der Waals surface area contributed by atoms with E-state index in [1.165, 1.54) is 17.0 Å². The van der Waals surface area contributed by atoms with Crippen molar-refractivity contribution in [3.8, 4) is 0 Å². The third-order valence-corrected chi connectivity index (χ3v) is 5.23. The van der Waals surface area contributed by atoms with E-state index in [2.05, 4.69) is 22.1 Å². The lowest BCUT2D eigenvalue weighted by molar-refractivity contribution is -0.139. The number of carbonyl (C=O) groups excluding carboxylic acids is 2. The van der Waals surface area contributed by atoms with Crippen LogP contribution in [-0.2, 0) is 9.53 Å². The summed E-state index contributed by atoms with van der Waals surface area (Å²) in [4.78, 5) is 29.7. The second-order valence-corrected chi connectivity index (χ2v) is 7.30. The number of benzene rings is 1. The summed E-state index contributed by atoms with van der Waals surface area (Å²) in [6.07, 6.45) is 2.60. The van der Waals surface area contributed by atoms with Gasteiger partial charge in [0.2, 0.25) is 0 Å². The molecular weight excluding hydrogens is 387 g/mol. The van der Waals surface area contributed by atoms with Crippen LogP contribution in [0.15, 0.2) is 48.2 Å². The highest BCUT2D eigenvalue weighted by Crippen LogP contribution is 2.32. The minimum absolute atomic E-state index is 0.203. The van der Waals surface area contributed by atoms with Crippen LogP contribution in [0, 0.1) is 5.82 Å². The Morgan fingerprint density at radius 2 is 2.20 bits per heavy atom. The molecule has 30 heavy (non-hydrogen) atoms. The highest BCUT2D eigenvalue weighted by Gasteiger charge is 2.38. The Hall–Kier alpha value is -2.71. The zero-order chi connectivity index (χ0) is 21.5. The Balaban J connectivity index is 2.09. The normalized spacial score (nSPS) is 20.5. The van der Waals surface area contributed by atoms with Crippen LogP contribution in [0.5, 0.6) is 0 Å². The number of hydrogen-bond acceptors (Lipinski definition) is 5. The summed E-state index contributed by atoms with van der Waals surface area (Å²) in [6.45, 7) is 9.78. The van der Waals surface area contributed by atoms with Crippen molar-refractivity contribution >= 4 is 12.0 Å². The fourth-order valence-corrected chi connectivity index (χ4v) is 3.85. The number of halogens is 1. The highest BCUT2D eigenvalue weighted by molar-refractivity contribution is 5.95. The maximum Gasteiger partial charge on any atom is 0.338 e. The van der Waals surface area contributed by atoms with Gasteiger partial charge in [-0.1, -0.05) is 18.2 Å². The first-order valence-corrected chi connectivity index (χ1v) is 10.3. The van der Waals surface area contributed by atoms with E-state index in [9.17, 15) is 14.0 Å². The fourth-order valence-electron chi connectivity index (χ4n) is 3.85. The van der Waals surface area contributed by atoms with E-state index in [-0.39, 0.29) is 19.2 Å². The lowest BCUT2D eigenvalue weighted by Crippen LogP contribution is -2.51. The minimum atomic E-state index is -0.784. The molecule has 1 atom stereocenters. The number of rotatable bonds is 7. The van der Waals surface area contributed by atoms with Gasteiger partial charge in [-0.2, -0.15) is 0 Å². The van der Waals surface area contributed by atoms with Crippen molar-refractivity contribution in [3.05, 3.63) is 59.6 Å². The summed E-state index contributed by atoms with van der Waals surface area (Å²) >= 11 is 0. The molecule has 1 saturated heterocycles. The summed E-state index contributed by atoms with van der Waals surface area (Å²) in [6, 6.07) is 4.80. The molecule has 8 heteroatoms. The molecule has 0 spiro atoms. The van der Waals surface area contributed by atoms with Crippen LogP contribution in [0.25, 0.3) is 0 Å². The summed E-state index contributed by atoms with van der Waals surface area (Å²) in [7, 11) is 0. The van der Waals surface area contributed by atoms with Gasteiger partial charge in [0, 0.05) is 31.9 Å². The number of ether oxygens (including phenoxy) is 1. The van der Waals surface area contributed by atoms with Gasteiger partial charge in [0.15, 0.2) is 0 Å². The first kappa shape index (κ1) is 22.0. The van der Waals surface area contributed by atoms with Gasteiger partial charge in [0.25, 0.3) is 0 Å². The smallest absolute Gasteiger partial charge is 0.338 e. The Labute approximate surface area is 176 Å². The number of amides is 2. The van der Waals surface area contributed by atoms with Gasteiger partial charge < -0.3 is 15.4 Å². The molecule has 2 heterocycles. The lowest BCUT2D eigenvalue weighted by atomic mass is 9.94. The van der Waals surface area contributed by atoms with Crippen LogP contribution in [0.1, 0.15) is 24.9 Å². The zero-order valence-corrected chi connectivity index (χ0v) is 17.3. The Morgan fingerprint density at radius 1 is 1.37 bits per heavy atom. The Morgan fingerprint density at radius 3 is 2.93 bits per heavy atom. The summed E-state index contributed by atoms with van der Waals surface area (Å²) in [5.41, 5.74) is 1.41. The maximum absolute atomic E-state index is 13.9. The first-order chi connectivity index (χ1) is 14.5. The Kier molecular flexibility index (Phi) is 7.59. The Bertz CT molecular complexity index is 818. The van der Waals surface area contributed by atoms with Crippen LogP contribution in [-0.4, -0.2) is 67.7 Å². The monoisotopic (exact) mass is 416 g/mol. The summed E-state index contributed by atoms with van der Waals surface area (Å²) < 4.78 is 19.3. The average molecular weight is 416 g/mol. The molecule has 2 amide bonds. The van der Waals surface area contributed by atoms with Crippen LogP contribution < -0.4 is 10.6 Å². The first-order valence-electron chi connectivity index (χ1n) is 10.3. The zero-order valence-electron chi connectivity index (χ0n) is 17.3. The van der Waals surface area contributed by atoms with Crippen molar-refractivity contribution < 1.29 is 18.7 Å². The van der Waals surface area contributed by atoms with Crippen molar-refractivity contribution in [3.63, 3.8) is 0 Å². The lowest BCUT2D eigenvalue weighted by Gasteiger charge is -2.38. The predicted octanol–water partition coefficient (Wildman–Crippen LogP) is 2.19. The topological polar surface area (TPSA) is 73.9 Å². The van der Waals surface area contributed by atoms with Crippen LogP contribution in [0.4, 0.5) is 9.18 Å². The largest absolute Gasteiger partial charge is 0.463 e. The number of urea groups is 1. The van der Waals surface area contributed by atoms with Gasteiger partial charge in [-0.15, -0.1) is 6.58 Å². The molecule has 7 nitrogen and oxygen atoms in total. The van der Waals surface area contributed by atoms with Crippen molar-refractivity contribution in [2.75, 3.05) is 45.9 Å². The molecule has 0 radical (unpaired) electrons. The average Bonchev–Trinajstić information content (AvgIpc) is 2.99. The van der Waals surface area contributed by atoms with E-state index in [1.807, 2.05) is 0 Å². The SMILES string of the molecule is C=CCN1C(=O)NC(c2cccc(F)c2)C(C(=O)OCC)=C1CN1CCCNCC1. The van der Waals surface area contributed by atoms with Crippen molar-refractivity contribution in [1.29, 1.82) is 0 Å². The fraction of sp³-hybridized carbons (Fsp3) is 0.455. The van der Waals surface area contributed by atoms with Crippen LogP contribution in [0.2, 0.25) is 0 Å². The van der Waals surface area contributed by atoms with Crippen LogP contribution in [0.3, 0.4) is 0 Å². The van der Waals surface area contributed by atoms with Gasteiger partial charge in [0.1, 0.15) is 5.82 Å². The van der Waals surface area contributed by atoms with E-state index in [4.69, 9.17) is 4.74 Å². The second-order valence-electron chi connectivity index (χ2n) is 7.30. The molecule has 1 unspecified atom stereocenters. The van der Waals surface area contributed by atoms with E-state index in [1.54, 1.807) is 25.1 Å². The molecule has 3 rings (SSSR count). The number of carbonyl (C=O) groups is 2. The van der Waals surface area contributed by atoms with E-state index < -0.39 is 17.8 Å². The molecule has 0 saturated carbocycles. The minimum Gasteiger partial charge on any atom is -0.463 e. The molecule has 162 valence electrons. The molecule has 0 bridgehead atoms. The summed E-state index contributed by atoms with van der Waals surface area (Å²) in [5.74, 6) is -0.942. The van der Waals surface area contributed by atoms with Gasteiger partial charge in [-0.05, 0) is 44.1 Å². The molecule has 2 aliphatic heterocycles. The molecular formula is C22H29FN4O3. The molecule has 1 aromatic carbocycles. The van der Waals surface area contributed by atoms with Gasteiger partial charge in [0.05, 0.1) is 18.2 Å². The maximum atomic E-state index is 13.9. The number of esters is 1. The molecule has 1 aromatic rings. The van der Waals surface area contributed by atoms with E-state index >= 15 is 0 Å². The predicted molar refractivity (Wildman–Crippen MR) is 112 cm³/mol. The third-order valence-electron chi connectivity index (χ3n) is 5.23. The van der Waals surface area contributed by atoms with Crippen molar-refractivity contribution in [1.82, 2.24) is 20.4 Å². The molecule has 0 aliphatic carbocycles. The second kappa shape index (κ2) is 10.4. The van der Waals surface area contributed by atoms with Gasteiger partial charge >= 0.3 is 12.0 Å². The number of nitrogens with zero attached hydrogens (tertiary/aromatic N) is 2. The quantitative estimate of drug-likeness (QED) is 0.527. The molecule has 0 aromatic heterocycles. The van der Waals surface area contributed by atoms with Crippen molar-refractivity contribution in [2.45, 2.75) is 19.4 Å². The summed E-state index contributed by atoms with van der Waals surface area (Å²) in [5, 5.41) is 6.20. The number of hydrogen-bond donors (Lipinski definition) is 2. The van der Waals surface area contributed by atoms with Crippen molar-refractivity contribution in [2.24, 2.45) is 0 Å². The molecule has 2 N–H and O–H groups in total. The molecule has 2 aliphatic rings. The van der Waals surface area contributed by atoms with Gasteiger partial charge in [-0.25, -0.2) is 14.0 Å². The number of nitrogens with one attached hydrogen (secondary N) is 2. The van der Waals surface area contributed by atoms with Gasteiger partial charge in [-0.3, -0.25) is 9.80 Å². The standard InChI is InChI=1S/C22H29FN4O3/c1-3-11-27-18(15-26-12-6-9-24-10-13-26)19(21(28)30-4-2)20(25-22(27)29)16-7-5-8-17(23)14-16/h3,5,7-8,14,20,24H,1,4,6,9-13,15H2,2H3,(H,25,29). The highest BCUT2D eigenvalue weighted by atomic mass is 19.1. The molecule has 1 fully saturated rings. The van der Waals surface area contributed by atoms with Crippen LogP contribution >= 0.6 is 0 Å².